The van der Waals surface area contributed by atoms with E-state index in [-0.39, 0.29) is 10.8 Å². The summed E-state index contributed by atoms with van der Waals surface area (Å²) in [6, 6.07) is 0. The smallest absolute Gasteiger partial charge is 0.111 e. The van der Waals surface area contributed by atoms with Crippen LogP contribution in [0.4, 0.5) is 0 Å². The molecule has 0 bridgehead atoms. The number of aromatic amines is 1. The summed E-state index contributed by atoms with van der Waals surface area (Å²) in [5, 5.41) is 0. The highest BCUT2D eigenvalue weighted by Gasteiger charge is 2.25. The van der Waals surface area contributed by atoms with Crippen LogP contribution in [0.5, 0.6) is 0 Å². The van der Waals surface area contributed by atoms with E-state index in [1.54, 1.807) is 0 Å². The van der Waals surface area contributed by atoms with Gasteiger partial charge in [-0.3, -0.25) is 0 Å². The number of rotatable bonds is 0. The van der Waals surface area contributed by atoms with Crippen molar-refractivity contribution in [2.24, 2.45) is 0 Å². The lowest BCUT2D eigenvalue weighted by Crippen LogP contribution is -2.16. The van der Waals surface area contributed by atoms with Crippen LogP contribution >= 0.6 is 0 Å². The Morgan fingerprint density at radius 2 is 1.43 bits per heavy atom. The number of aromatic nitrogens is 2. The van der Waals surface area contributed by atoms with Gasteiger partial charge >= 0.3 is 0 Å². The van der Waals surface area contributed by atoms with Gasteiger partial charge < -0.3 is 4.98 Å². The van der Waals surface area contributed by atoms with Gasteiger partial charge in [0.2, 0.25) is 0 Å². The predicted molar refractivity (Wildman–Crippen MR) is 60.7 cm³/mol. The van der Waals surface area contributed by atoms with Crippen molar-refractivity contribution in [3.05, 3.63) is 17.2 Å². The average molecular weight is 194 g/mol. The molecule has 14 heavy (non-hydrogen) atoms. The zero-order valence-electron chi connectivity index (χ0n) is 10.4. The van der Waals surface area contributed by atoms with E-state index in [0.717, 1.165) is 5.82 Å². The molecule has 1 heterocycles. The molecule has 0 unspecified atom stereocenters. The second-order valence-electron chi connectivity index (χ2n) is 6.06. The van der Waals surface area contributed by atoms with E-state index in [9.17, 15) is 0 Å². The number of nitrogens with zero attached hydrogens (tertiary/aromatic N) is 1. The van der Waals surface area contributed by atoms with Crippen LogP contribution in [0.15, 0.2) is 0 Å². The summed E-state index contributed by atoms with van der Waals surface area (Å²) in [5.41, 5.74) is 2.61. The van der Waals surface area contributed by atoms with Gasteiger partial charge in [-0.2, -0.15) is 0 Å². The van der Waals surface area contributed by atoms with E-state index in [4.69, 9.17) is 4.98 Å². The maximum atomic E-state index is 4.70. The quantitative estimate of drug-likeness (QED) is 0.674. The molecule has 0 aliphatic rings. The van der Waals surface area contributed by atoms with Gasteiger partial charge in [-0.25, -0.2) is 4.98 Å². The fraction of sp³-hybridized carbons (Fsp3) is 0.750. The molecule has 1 aromatic heterocycles. The number of hydrogen-bond acceptors (Lipinski definition) is 1. The number of hydrogen-bond donors (Lipinski definition) is 1. The molecular weight excluding hydrogens is 172 g/mol. The molecule has 0 aliphatic heterocycles. The number of H-pyrrole nitrogens is 1. The SMILES string of the molecule is Cc1[nH]c(C(C)(C)C)nc1C(C)(C)C. The Hall–Kier alpha value is -0.790. The van der Waals surface area contributed by atoms with Crippen molar-refractivity contribution in [3.8, 4) is 0 Å². The van der Waals surface area contributed by atoms with Crippen molar-refractivity contribution < 1.29 is 0 Å². The molecule has 1 rings (SSSR count). The zero-order valence-corrected chi connectivity index (χ0v) is 10.4. The van der Waals surface area contributed by atoms with Crippen LogP contribution in [0.3, 0.4) is 0 Å². The zero-order chi connectivity index (χ0) is 11.1. The second-order valence-corrected chi connectivity index (χ2v) is 6.06. The van der Waals surface area contributed by atoms with Crippen LogP contribution in [0.2, 0.25) is 0 Å². The lowest BCUT2D eigenvalue weighted by molar-refractivity contribution is 0.535. The van der Waals surface area contributed by atoms with Gasteiger partial charge in [-0.15, -0.1) is 0 Å². The van der Waals surface area contributed by atoms with Gasteiger partial charge in [0.05, 0.1) is 5.69 Å². The third kappa shape index (κ3) is 2.17. The lowest BCUT2D eigenvalue weighted by Gasteiger charge is -2.17. The third-order valence-electron chi connectivity index (χ3n) is 2.31. The first-order valence-corrected chi connectivity index (χ1v) is 5.20. The van der Waals surface area contributed by atoms with Crippen LogP contribution < -0.4 is 0 Å². The monoisotopic (exact) mass is 194 g/mol. The molecule has 2 nitrogen and oxygen atoms in total. The minimum Gasteiger partial charge on any atom is -0.345 e. The summed E-state index contributed by atoms with van der Waals surface area (Å²) >= 11 is 0. The Kier molecular flexibility index (Phi) is 2.51. The van der Waals surface area contributed by atoms with Crippen LogP contribution in [0, 0.1) is 6.92 Å². The summed E-state index contributed by atoms with van der Waals surface area (Å²) in [4.78, 5) is 8.08. The normalized spacial score (nSPS) is 13.4. The molecule has 80 valence electrons. The highest BCUT2D eigenvalue weighted by atomic mass is 15.0. The fourth-order valence-electron chi connectivity index (χ4n) is 1.55. The summed E-state index contributed by atoms with van der Waals surface area (Å²) in [5.74, 6) is 1.08. The third-order valence-corrected chi connectivity index (χ3v) is 2.31. The Bertz CT molecular complexity index is 321. The van der Waals surface area contributed by atoms with Crippen LogP contribution in [-0.4, -0.2) is 9.97 Å². The van der Waals surface area contributed by atoms with E-state index in [1.807, 2.05) is 0 Å². The molecule has 0 saturated heterocycles. The van der Waals surface area contributed by atoms with Gasteiger partial charge in [0.1, 0.15) is 5.82 Å². The minimum absolute atomic E-state index is 0.105. The summed E-state index contributed by atoms with van der Waals surface area (Å²) in [6.45, 7) is 15.2. The van der Waals surface area contributed by atoms with Crippen molar-refractivity contribution in [2.75, 3.05) is 0 Å². The number of nitrogens with one attached hydrogen (secondary N) is 1. The topological polar surface area (TPSA) is 28.7 Å². The van der Waals surface area contributed by atoms with Crippen molar-refractivity contribution in [3.63, 3.8) is 0 Å². The van der Waals surface area contributed by atoms with Crippen LogP contribution in [0.25, 0.3) is 0 Å². The molecule has 0 atom stereocenters. The lowest BCUT2D eigenvalue weighted by atomic mass is 9.91. The molecule has 1 aromatic rings. The van der Waals surface area contributed by atoms with E-state index in [2.05, 4.69) is 53.5 Å². The van der Waals surface area contributed by atoms with Gasteiger partial charge in [-0.05, 0) is 6.92 Å². The predicted octanol–water partition coefficient (Wildman–Crippen LogP) is 3.31. The summed E-state index contributed by atoms with van der Waals surface area (Å²) in [7, 11) is 0. The van der Waals surface area contributed by atoms with Crippen molar-refractivity contribution in [1.82, 2.24) is 9.97 Å². The molecular formula is C12H22N2. The average Bonchev–Trinajstić information content (AvgIpc) is 2.27. The molecule has 2 heteroatoms. The van der Waals surface area contributed by atoms with Gasteiger partial charge in [-0.1, -0.05) is 41.5 Å². The molecule has 0 aliphatic carbocycles. The molecule has 0 amide bonds. The maximum Gasteiger partial charge on any atom is 0.111 e. The summed E-state index contributed by atoms with van der Waals surface area (Å²) < 4.78 is 0. The molecule has 0 radical (unpaired) electrons. The second kappa shape index (κ2) is 3.11. The number of imidazole rings is 1. The van der Waals surface area contributed by atoms with Crippen molar-refractivity contribution >= 4 is 0 Å². The maximum absolute atomic E-state index is 4.70. The Balaban J connectivity index is 3.19. The van der Waals surface area contributed by atoms with Gasteiger partial charge in [0.15, 0.2) is 0 Å². The Morgan fingerprint density at radius 3 is 1.64 bits per heavy atom. The Morgan fingerprint density at radius 1 is 0.929 bits per heavy atom. The molecule has 1 N–H and O–H groups in total. The van der Waals surface area contributed by atoms with Gasteiger partial charge in [0, 0.05) is 16.5 Å². The largest absolute Gasteiger partial charge is 0.345 e. The molecule has 0 saturated carbocycles. The van der Waals surface area contributed by atoms with E-state index < -0.39 is 0 Å². The van der Waals surface area contributed by atoms with Crippen molar-refractivity contribution in [1.29, 1.82) is 0 Å². The molecule has 0 aromatic carbocycles. The highest BCUT2D eigenvalue weighted by molar-refractivity contribution is 5.23. The van der Waals surface area contributed by atoms with Crippen LogP contribution in [-0.2, 0) is 10.8 Å². The molecule has 0 fully saturated rings. The summed E-state index contributed by atoms with van der Waals surface area (Å²) in [6.07, 6.45) is 0. The number of aryl methyl sites for hydroxylation is 1. The van der Waals surface area contributed by atoms with E-state index in [0.29, 0.717) is 0 Å². The first-order valence-electron chi connectivity index (χ1n) is 5.20. The Labute approximate surface area is 87.1 Å². The fourth-order valence-corrected chi connectivity index (χ4v) is 1.55. The first kappa shape index (κ1) is 11.3. The van der Waals surface area contributed by atoms with Gasteiger partial charge in [0.25, 0.3) is 0 Å². The van der Waals surface area contributed by atoms with E-state index in [1.165, 1.54) is 11.4 Å². The first-order chi connectivity index (χ1) is 6.12. The van der Waals surface area contributed by atoms with Crippen LogP contribution in [0.1, 0.15) is 58.8 Å². The van der Waals surface area contributed by atoms with Crippen molar-refractivity contribution in [2.45, 2.75) is 59.3 Å². The standard InChI is InChI=1S/C12H22N2/c1-8-9(11(2,3)4)14-10(13-8)12(5,6)7/h1-7H3,(H,13,14). The van der Waals surface area contributed by atoms with E-state index >= 15 is 0 Å². The highest BCUT2D eigenvalue weighted by Crippen LogP contribution is 2.27. The molecule has 0 spiro atoms. The minimum atomic E-state index is 0.105.